The molecule has 40 heavy (non-hydrogen) atoms. The highest BCUT2D eigenvalue weighted by atomic mass is 28.3. The molecule has 2 heterocycles. The molecule has 0 N–H and O–H groups in total. The van der Waals surface area contributed by atoms with Gasteiger partial charge in [0.2, 0.25) is 0 Å². The fourth-order valence-corrected chi connectivity index (χ4v) is 11.3. The van der Waals surface area contributed by atoms with Crippen molar-refractivity contribution >= 4 is 45.9 Å². The zero-order chi connectivity index (χ0) is 26.9. The normalized spacial score (nSPS) is 13.1. The van der Waals surface area contributed by atoms with E-state index in [1.807, 2.05) is 12.1 Å². The van der Waals surface area contributed by atoms with Gasteiger partial charge in [-0.15, -0.1) is 0 Å². The topological polar surface area (TPSA) is 39.9 Å². The van der Waals surface area contributed by atoms with E-state index < -0.39 is 8.07 Å². The van der Waals surface area contributed by atoms with Crippen molar-refractivity contribution in [2.75, 3.05) is 4.90 Å². The highest BCUT2D eigenvalue weighted by Crippen LogP contribution is 2.42. The molecule has 1 aliphatic rings. The third-order valence-corrected chi connectivity index (χ3v) is 12.7. The van der Waals surface area contributed by atoms with Crippen LogP contribution in [0.5, 0.6) is 0 Å². The third kappa shape index (κ3) is 3.60. The van der Waals surface area contributed by atoms with Crippen molar-refractivity contribution in [3.63, 3.8) is 0 Å². The molecule has 1 aromatic heterocycles. The second kappa shape index (κ2) is 9.81. The Morgan fingerprint density at radius 1 is 0.550 bits per heavy atom. The van der Waals surface area contributed by atoms with Crippen LogP contribution in [0.15, 0.2) is 152 Å². The maximum atomic E-state index is 9.58. The monoisotopic (exact) mass is 527 g/mol. The minimum atomic E-state index is -2.66. The summed E-state index contributed by atoms with van der Waals surface area (Å²) in [7, 11) is -2.66. The Bertz CT molecular complexity index is 1790. The fraction of sp³-hybridized carbons (Fsp3) is 0. The Balaban J connectivity index is 1.58. The molecule has 0 amide bonds. The fourth-order valence-electron chi connectivity index (χ4n) is 6.20. The number of nitrogens with zero attached hydrogens (tertiary/aromatic N) is 3. The number of aromatic nitrogens is 1. The highest BCUT2D eigenvalue weighted by Gasteiger charge is 2.48. The summed E-state index contributed by atoms with van der Waals surface area (Å²) in [6.07, 6.45) is 1.71. The van der Waals surface area contributed by atoms with Gasteiger partial charge in [0.25, 0.3) is 0 Å². The van der Waals surface area contributed by atoms with Crippen LogP contribution in [0.3, 0.4) is 0 Å². The van der Waals surface area contributed by atoms with E-state index in [1.54, 1.807) is 12.3 Å². The Labute approximate surface area is 235 Å². The van der Waals surface area contributed by atoms with Gasteiger partial charge in [0.1, 0.15) is 0 Å². The van der Waals surface area contributed by atoms with E-state index in [9.17, 15) is 5.26 Å². The highest BCUT2D eigenvalue weighted by molar-refractivity contribution is 7.21. The van der Waals surface area contributed by atoms with E-state index in [-0.39, 0.29) is 0 Å². The standard InChI is InChI=1S/C36H25N3Si/c37-26-27-23-24-38-31(25-27)30-17-7-8-18-32(30)39-33-19-9-11-21-35(33)40(28-13-3-1-4-14-28,29-15-5-2-6-16-29)36-22-12-10-20-34(36)39/h1-25H. The zero-order valence-electron chi connectivity index (χ0n) is 21.8. The third-order valence-electron chi connectivity index (χ3n) is 7.82. The minimum Gasteiger partial charge on any atom is -0.310 e. The van der Waals surface area contributed by atoms with Crippen LogP contribution >= 0.6 is 0 Å². The molecule has 6 aromatic rings. The van der Waals surface area contributed by atoms with Gasteiger partial charge in [-0.25, -0.2) is 0 Å². The molecule has 1 aliphatic heterocycles. The van der Waals surface area contributed by atoms with Crippen molar-refractivity contribution in [2.45, 2.75) is 0 Å². The van der Waals surface area contributed by atoms with Crippen LogP contribution in [0.2, 0.25) is 0 Å². The van der Waals surface area contributed by atoms with Gasteiger partial charge in [0.15, 0.2) is 8.07 Å². The Kier molecular flexibility index (Phi) is 5.85. The molecule has 188 valence electrons. The van der Waals surface area contributed by atoms with Crippen molar-refractivity contribution in [2.24, 2.45) is 0 Å². The average molecular weight is 528 g/mol. The first-order chi connectivity index (χ1) is 19.8. The summed E-state index contributed by atoms with van der Waals surface area (Å²) in [5.74, 6) is 0. The average Bonchev–Trinajstić information content (AvgIpc) is 3.04. The van der Waals surface area contributed by atoms with Gasteiger partial charge in [-0.3, -0.25) is 4.98 Å². The molecule has 0 fully saturated rings. The van der Waals surface area contributed by atoms with Crippen molar-refractivity contribution in [3.8, 4) is 17.3 Å². The summed E-state index contributed by atoms with van der Waals surface area (Å²) in [6.45, 7) is 0. The minimum absolute atomic E-state index is 0.596. The molecule has 5 aromatic carbocycles. The number of hydrogen-bond acceptors (Lipinski definition) is 3. The van der Waals surface area contributed by atoms with E-state index in [1.165, 1.54) is 32.1 Å². The first kappa shape index (κ1) is 23.8. The van der Waals surface area contributed by atoms with Crippen LogP contribution < -0.4 is 25.6 Å². The molecule has 0 aliphatic carbocycles. The Morgan fingerprint density at radius 3 is 1.62 bits per heavy atom. The molecule has 4 heteroatoms. The number of pyridine rings is 1. The first-order valence-corrected chi connectivity index (χ1v) is 15.4. The number of nitriles is 1. The largest absolute Gasteiger partial charge is 0.310 e. The molecule has 0 atom stereocenters. The molecule has 3 nitrogen and oxygen atoms in total. The molecule has 7 rings (SSSR count). The van der Waals surface area contributed by atoms with Gasteiger partial charge in [-0.05, 0) is 51.1 Å². The molecule has 0 unspecified atom stereocenters. The predicted molar refractivity (Wildman–Crippen MR) is 166 cm³/mol. The zero-order valence-corrected chi connectivity index (χ0v) is 22.8. The SMILES string of the molecule is N#Cc1ccnc(-c2ccccc2N2c3ccccc3[Si](c3ccccc3)(c3ccccc3)c3ccccc32)c1. The second-order valence-corrected chi connectivity index (χ2v) is 13.6. The Hall–Kier alpha value is -5.24. The van der Waals surface area contributed by atoms with Crippen molar-refractivity contribution in [3.05, 3.63) is 157 Å². The summed E-state index contributed by atoms with van der Waals surface area (Å²) < 4.78 is 0. The summed E-state index contributed by atoms with van der Waals surface area (Å²) in [5.41, 5.74) is 5.74. The first-order valence-electron chi connectivity index (χ1n) is 13.4. The van der Waals surface area contributed by atoms with Crippen LogP contribution in [-0.4, -0.2) is 13.1 Å². The number of anilines is 3. The molecule has 0 saturated heterocycles. The molecule has 0 spiro atoms. The van der Waals surface area contributed by atoms with Crippen LogP contribution in [-0.2, 0) is 0 Å². The van der Waals surface area contributed by atoms with Crippen molar-refractivity contribution < 1.29 is 0 Å². The second-order valence-electron chi connectivity index (χ2n) is 9.91. The quantitative estimate of drug-likeness (QED) is 0.273. The lowest BCUT2D eigenvalue weighted by atomic mass is 10.0. The van der Waals surface area contributed by atoms with Crippen LogP contribution in [0.4, 0.5) is 17.1 Å². The molecule has 0 bridgehead atoms. The smallest absolute Gasteiger partial charge is 0.184 e. The lowest BCUT2D eigenvalue weighted by Crippen LogP contribution is -2.77. The molecule has 0 radical (unpaired) electrons. The van der Waals surface area contributed by atoms with E-state index in [0.717, 1.165) is 16.9 Å². The number of rotatable bonds is 4. The summed E-state index contributed by atoms with van der Waals surface area (Å²) in [5, 5.41) is 15.0. The number of fused-ring (bicyclic) bond motifs is 2. The lowest BCUT2D eigenvalue weighted by Gasteiger charge is -2.45. The van der Waals surface area contributed by atoms with Gasteiger partial charge < -0.3 is 4.90 Å². The maximum Gasteiger partial charge on any atom is 0.184 e. The lowest BCUT2D eigenvalue weighted by molar-refractivity contribution is 1.26. The van der Waals surface area contributed by atoms with E-state index in [2.05, 4.69) is 143 Å². The van der Waals surface area contributed by atoms with Gasteiger partial charge in [-0.1, -0.05) is 115 Å². The number of para-hydroxylation sites is 3. The summed E-state index contributed by atoms with van der Waals surface area (Å²) >= 11 is 0. The number of benzene rings is 5. The van der Waals surface area contributed by atoms with Crippen molar-refractivity contribution in [1.82, 2.24) is 4.98 Å². The van der Waals surface area contributed by atoms with Crippen LogP contribution in [0.25, 0.3) is 11.3 Å². The summed E-state index contributed by atoms with van der Waals surface area (Å²) in [6, 6.07) is 54.0. The Morgan fingerprint density at radius 2 is 1.05 bits per heavy atom. The maximum absolute atomic E-state index is 9.58. The number of hydrogen-bond donors (Lipinski definition) is 0. The molecular formula is C36H25N3Si. The molecular weight excluding hydrogens is 503 g/mol. The predicted octanol–water partition coefficient (Wildman–Crippen LogP) is 5.78. The van der Waals surface area contributed by atoms with Gasteiger partial charge in [0.05, 0.1) is 23.0 Å². The van der Waals surface area contributed by atoms with E-state index in [4.69, 9.17) is 0 Å². The van der Waals surface area contributed by atoms with Gasteiger partial charge >= 0.3 is 0 Å². The van der Waals surface area contributed by atoms with E-state index >= 15 is 0 Å². The summed E-state index contributed by atoms with van der Waals surface area (Å²) in [4.78, 5) is 7.07. The van der Waals surface area contributed by atoms with Crippen LogP contribution in [0.1, 0.15) is 5.56 Å². The van der Waals surface area contributed by atoms with Crippen molar-refractivity contribution in [1.29, 1.82) is 5.26 Å². The van der Waals surface area contributed by atoms with Crippen LogP contribution in [0, 0.1) is 11.3 Å². The van der Waals surface area contributed by atoms with Gasteiger partial charge in [0, 0.05) is 23.1 Å². The van der Waals surface area contributed by atoms with E-state index in [0.29, 0.717) is 5.56 Å². The molecule has 0 saturated carbocycles. The van der Waals surface area contributed by atoms with Gasteiger partial charge in [-0.2, -0.15) is 5.26 Å².